The molecule has 0 heterocycles. The molecule has 0 spiro atoms. The number of halogens is 1. The van der Waals surface area contributed by atoms with Gasteiger partial charge >= 0.3 is 0 Å². The van der Waals surface area contributed by atoms with Crippen LogP contribution in [-0.4, -0.2) is 5.91 Å². The van der Waals surface area contributed by atoms with Crippen LogP contribution < -0.4 is 10.6 Å². The average molecular weight is 301 g/mol. The topological polar surface area (TPSA) is 41.1 Å². The van der Waals surface area contributed by atoms with Crippen LogP contribution in [0.1, 0.15) is 18.4 Å². The Labute approximate surface area is 129 Å². The van der Waals surface area contributed by atoms with Gasteiger partial charge in [0.1, 0.15) is 0 Å². The lowest BCUT2D eigenvalue weighted by Crippen LogP contribution is -2.13. The van der Waals surface area contributed by atoms with Gasteiger partial charge in [0.25, 0.3) is 0 Å². The van der Waals surface area contributed by atoms with Gasteiger partial charge in [-0.2, -0.15) is 0 Å². The third-order valence-corrected chi connectivity index (χ3v) is 3.80. The maximum atomic E-state index is 11.7. The zero-order valence-corrected chi connectivity index (χ0v) is 12.6. The summed E-state index contributed by atoms with van der Waals surface area (Å²) in [6.45, 7) is 2.01. The quantitative estimate of drug-likeness (QED) is 0.856. The van der Waals surface area contributed by atoms with Crippen LogP contribution in [0.2, 0.25) is 5.02 Å². The van der Waals surface area contributed by atoms with Crippen LogP contribution in [0.15, 0.2) is 42.5 Å². The van der Waals surface area contributed by atoms with Gasteiger partial charge < -0.3 is 10.6 Å². The molecule has 2 aromatic rings. The molecule has 21 heavy (non-hydrogen) atoms. The molecule has 1 aliphatic rings. The highest BCUT2D eigenvalue weighted by Gasteiger charge is 2.29. The highest BCUT2D eigenvalue weighted by Crippen LogP contribution is 2.30. The molecule has 0 bridgehead atoms. The molecule has 108 valence electrons. The summed E-state index contributed by atoms with van der Waals surface area (Å²) in [5, 5.41) is 7.01. The maximum absolute atomic E-state index is 11.7. The summed E-state index contributed by atoms with van der Waals surface area (Å²) in [5.41, 5.74) is 3.93. The van der Waals surface area contributed by atoms with Crippen LogP contribution in [0.4, 0.5) is 17.1 Å². The first-order valence-electron chi connectivity index (χ1n) is 7.06. The van der Waals surface area contributed by atoms with Crippen LogP contribution in [-0.2, 0) is 4.79 Å². The summed E-state index contributed by atoms with van der Waals surface area (Å²) in [6.07, 6.45) is 2.03. The van der Waals surface area contributed by atoms with Crippen LogP contribution in [0.3, 0.4) is 0 Å². The van der Waals surface area contributed by atoms with Crippen molar-refractivity contribution in [2.45, 2.75) is 19.8 Å². The number of benzene rings is 2. The maximum Gasteiger partial charge on any atom is 0.227 e. The van der Waals surface area contributed by atoms with Gasteiger partial charge in [-0.1, -0.05) is 11.6 Å². The van der Waals surface area contributed by atoms with Gasteiger partial charge in [-0.15, -0.1) is 0 Å². The van der Waals surface area contributed by atoms with Crippen molar-refractivity contribution in [3.8, 4) is 0 Å². The Morgan fingerprint density at radius 3 is 2.38 bits per heavy atom. The number of carbonyl (C=O) groups excluding carboxylic acids is 1. The normalized spacial score (nSPS) is 13.8. The fourth-order valence-corrected chi connectivity index (χ4v) is 2.38. The van der Waals surface area contributed by atoms with Gasteiger partial charge in [0.2, 0.25) is 5.91 Å². The van der Waals surface area contributed by atoms with Gasteiger partial charge in [0.15, 0.2) is 0 Å². The minimum Gasteiger partial charge on any atom is -0.355 e. The fraction of sp³-hybridized carbons (Fsp3) is 0.235. The second kappa shape index (κ2) is 5.78. The van der Waals surface area contributed by atoms with Crippen molar-refractivity contribution in [3.05, 3.63) is 53.1 Å². The summed E-state index contributed by atoms with van der Waals surface area (Å²) in [4.78, 5) is 11.7. The highest BCUT2D eigenvalue weighted by molar-refractivity contribution is 6.30. The molecule has 1 aliphatic carbocycles. The molecule has 0 radical (unpaired) electrons. The summed E-state index contributed by atoms with van der Waals surface area (Å²) in [7, 11) is 0. The third-order valence-electron chi connectivity index (χ3n) is 3.57. The Kier molecular flexibility index (Phi) is 3.84. The van der Waals surface area contributed by atoms with Gasteiger partial charge in [0.05, 0.1) is 0 Å². The first kappa shape index (κ1) is 14.0. The molecule has 0 unspecified atom stereocenters. The summed E-state index contributed by atoms with van der Waals surface area (Å²) in [6, 6.07) is 13.5. The predicted octanol–water partition coefficient (Wildman–Crippen LogP) is 4.74. The second-order valence-electron chi connectivity index (χ2n) is 5.43. The minimum absolute atomic E-state index is 0.129. The Morgan fingerprint density at radius 2 is 1.76 bits per heavy atom. The lowest BCUT2D eigenvalue weighted by molar-refractivity contribution is -0.117. The standard InChI is InChI=1S/C17H17ClN2O/c1-11-10-13(18)4-9-16(11)19-14-5-7-15(8-6-14)20-17(21)12-2-3-12/h4-10,12,19H,2-3H2,1H3,(H,20,21). The highest BCUT2D eigenvalue weighted by atomic mass is 35.5. The third kappa shape index (κ3) is 3.56. The second-order valence-corrected chi connectivity index (χ2v) is 5.86. The summed E-state index contributed by atoms with van der Waals surface area (Å²) in [5.74, 6) is 0.351. The van der Waals surface area contributed by atoms with Crippen molar-refractivity contribution in [1.29, 1.82) is 0 Å². The zero-order chi connectivity index (χ0) is 14.8. The lowest BCUT2D eigenvalue weighted by Gasteiger charge is -2.11. The Morgan fingerprint density at radius 1 is 1.10 bits per heavy atom. The Bertz CT molecular complexity index is 663. The number of hydrogen-bond acceptors (Lipinski definition) is 2. The van der Waals surface area contributed by atoms with E-state index in [2.05, 4.69) is 10.6 Å². The lowest BCUT2D eigenvalue weighted by atomic mass is 10.2. The van der Waals surface area contributed by atoms with Gasteiger partial charge in [-0.05, 0) is 67.8 Å². The number of amides is 1. The molecule has 0 aliphatic heterocycles. The minimum atomic E-state index is 0.129. The number of anilines is 3. The van der Waals surface area contributed by atoms with E-state index in [0.29, 0.717) is 0 Å². The van der Waals surface area contributed by atoms with Crippen molar-refractivity contribution >= 4 is 34.6 Å². The van der Waals surface area contributed by atoms with Crippen LogP contribution in [0, 0.1) is 12.8 Å². The predicted molar refractivity (Wildman–Crippen MR) is 87.3 cm³/mol. The molecule has 2 N–H and O–H groups in total. The van der Waals surface area contributed by atoms with Gasteiger partial charge in [0, 0.05) is 28.0 Å². The van der Waals surface area contributed by atoms with E-state index in [1.54, 1.807) is 0 Å². The number of carbonyl (C=O) groups is 1. The molecule has 0 saturated heterocycles. The summed E-state index contributed by atoms with van der Waals surface area (Å²) >= 11 is 5.95. The smallest absolute Gasteiger partial charge is 0.227 e. The van der Waals surface area contributed by atoms with E-state index in [1.165, 1.54) is 0 Å². The zero-order valence-electron chi connectivity index (χ0n) is 11.8. The Hall–Kier alpha value is -2.00. The summed E-state index contributed by atoms with van der Waals surface area (Å²) < 4.78 is 0. The van der Waals surface area contributed by atoms with E-state index >= 15 is 0 Å². The molecule has 3 nitrogen and oxygen atoms in total. The van der Waals surface area contributed by atoms with E-state index in [4.69, 9.17) is 11.6 Å². The SMILES string of the molecule is Cc1cc(Cl)ccc1Nc1ccc(NC(=O)C2CC2)cc1. The van der Waals surface area contributed by atoms with Crippen LogP contribution >= 0.6 is 11.6 Å². The molecule has 3 rings (SSSR count). The molecule has 2 aromatic carbocycles. The number of nitrogens with one attached hydrogen (secondary N) is 2. The molecular formula is C17H17ClN2O. The molecule has 0 aromatic heterocycles. The number of rotatable bonds is 4. The molecule has 0 atom stereocenters. The van der Waals surface area contributed by atoms with E-state index in [-0.39, 0.29) is 11.8 Å². The molecule has 1 fully saturated rings. The van der Waals surface area contributed by atoms with Crippen molar-refractivity contribution in [2.75, 3.05) is 10.6 Å². The monoisotopic (exact) mass is 300 g/mol. The largest absolute Gasteiger partial charge is 0.355 e. The molecule has 1 saturated carbocycles. The van der Waals surface area contributed by atoms with E-state index < -0.39 is 0 Å². The molecular weight excluding hydrogens is 284 g/mol. The van der Waals surface area contributed by atoms with Crippen LogP contribution in [0.5, 0.6) is 0 Å². The fourth-order valence-electron chi connectivity index (χ4n) is 2.15. The van der Waals surface area contributed by atoms with Crippen molar-refractivity contribution in [1.82, 2.24) is 0 Å². The average Bonchev–Trinajstić information content (AvgIpc) is 3.28. The van der Waals surface area contributed by atoms with E-state index in [0.717, 1.165) is 40.5 Å². The molecule has 1 amide bonds. The van der Waals surface area contributed by atoms with Crippen LogP contribution in [0.25, 0.3) is 0 Å². The van der Waals surface area contributed by atoms with E-state index in [1.807, 2.05) is 49.4 Å². The molecule has 4 heteroatoms. The first-order chi connectivity index (χ1) is 10.1. The van der Waals surface area contributed by atoms with E-state index in [9.17, 15) is 4.79 Å². The number of hydrogen-bond donors (Lipinski definition) is 2. The Balaban J connectivity index is 1.67. The van der Waals surface area contributed by atoms with Crippen molar-refractivity contribution in [3.63, 3.8) is 0 Å². The van der Waals surface area contributed by atoms with Crippen molar-refractivity contribution < 1.29 is 4.79 Å². The van der Waals surface area contributed by atoms with Crippen molar-refractivity contribution in [2.24, 2.45) is 5.92 Å². The first-order valence-corrected chi connectivity index (χ1v) is 7.44. The van der Waals surface area contributed by atoms with Gasteiger partial charge in [-0.3, -0.25) is 4.79 Å². The van der Waals surface area contributed by atoms with Gasteiger partial charge in [-0.25, -0.2) is 0 Å². The number of aryl methyl sites for hydroxylation is 1.